The van der Waals surface area contributed by atoms with Crippen LogP contribution in [0.1, 0.15) is 0 Å². The maximum Gasteiger partial charge on any atom is 0.262 e. The van der Waals surface area contributed by atoms with E-state index in [1.54, 1.807) is 42.3 Å². The van der Waals surface area contributed by atoms with Crippen molar-refractivity contribution in [2.24, 2.45) is 7.05 Å². The minimum absolute atomic E-state index is 0.0221. The van der Waals surface area contributed by atoms with Crippen molar-refractivity contribution in [2.45, 2.75) is 4.90 Å². The van der Waals surface area contributed by atoms with E-state index in [2.05, 4.69) is 42.3 Å². The Kier molecular flexibility index (Phi) is 6.92. The first kappa shape index (κ1) is 24.3. The van der Waals surface area contributed by atoms with Crippen molar-refractivity contribution in [2.75, 3.05) is 20.7 Å². The highest BCUT2D eigenvalue weighted by Gasteiger charge is 2.19. The number of aromatic nitrogens is 4. The Balaban J connectivity index is 1.71. The molecule has 2 heterocycles. The van der Waals surface area contributed by atoms with Crippen molar-refractivity contribution in [1.29, 1.82) is 0 Å². The number of hydrogen-bond donors (Lipinski definition) is 4. The molecule has 0 radical (unpaired) electrons. The summed E-state index contributed by atoms with van der Waals surface area (Å²) in [5.74, 6) is -1.08. The van der Waals surface area contributed by atoms with E-state index in [-0.39, 0.29) is 33.7 Å². The number of rotatable bonds is 9. The highest BCUT2D eigenvalue weighted by molar-refractivity contribution is 7.92. The molecule has 4 rings (SSSR count). The Labute approximate surface area is 206 Å². The molecule has 184 valence electrons. The standard InChI is InChI=1S/C23H21FN8O3S/c1-3-21(33)27-15-9-10-18(24)19(11-15)29-22-20(31-36(34,35)17-7-5-4-6-8-17)13-25-23(30-22)28-16-12-26-32(2)14-16/h3-14,31H,1H2,2H3,(H,27,33)(H2,25,28,29,30). The summed E-state index contributed by atoms with van der Waals surface area (Å²) in [6.07, 6.45) is 5.56. The van der Waals surface area contributed by atoms with Crippen LogP contribution in [-0.4, -0.2) is 34.1 Å². The van der Waals surface area contributed by atoms with Gasteiger partial charge in [0.25, 0.3) is 10.0 Å². The fourth-order valence-electron chi connectivity index (χ4n) is 3.05. The predicted molar refractivity (Wildman–Crippen MR) is 134 cm³/mol. The minimum atomic E-state index is -4.00. The van der Waals surface area contributed by atoms with E-state index in [1.807, 2.05) is 0 Å². The number of nitrogens with one attached hydrogen (secondary N) is 4. The van der Waals surface area contributed by atoms with E-state index in [1.165, 1.54) is 30.5 Å². The van der Waals surface area contributed by atoms with Crippen molar-refractivity contribution >= 4 is 50.4 Å². The highest BCUT2D eigenvalue weighted by Crippen LogP contribution is 2.30. The van der Waals surface area contributed by atoms with E-state index < -0.39 is 21.7 Å². The molecule has 0 saturated heterocycles. The third-order valence-electron chi connectivity index (χ3n) is 4.72. The summed E-state index contributed by atoms with van der Waals surface area (Å²) in [7, 11) is -2.26. The van der Waals surface area contributed by atoms with Gasteiger partial charge in [-0.05, 0) is 36.4 Å². The van der Waals surface area contributed by atoms with Crippen LogP contribution in [0.2, 0.25) is 0 Å². The lowest BCUT2D eigenvalue weighted by Gasteiger charge is -2.15. The SMILES string of the molecule is C=CC(=O)Nc1ccc(F)c(Nc2nc(Nc3cnn(C)c3)ncc2NS(=O)(=O)c2ccccc2)c1. The summed E-state index contributed by atoms with van der Waals surface area (Å²) < 4.78 is 44.5. The van der Waals surface area contributed by atoms with Gasteiger partial charge in [-0.3, -0.25) is 14.2 Å². The van der Waals surface area contributed by atoms with Crippen LogP contribution in [0.3, 0.4) is 0 Å². The number of carbonyl (C=O) groups excluding carboxylic acids is 1. The molecule has 0 aliphatic heterocycles. The Hall–Kier alpha value is -4.78. The number of anilines is 6. The van der Waals surface area contributed by atoms with Gasteiger partial charge >= 0.3 is 0 Å². The summed E-state index contributed by atoms with van der Waals surface area (Å²) in [5.41, 5.74) is 0.776. The van der Waals surface area contributed by atoms with Crippen molar-refractivity contribution in [3.63, 3.8) is 0 Å². The van der Waals surface area contributed by atoms with Gasteiger partial charge in [-0.1, -0.05) is 24.8 Å². The molecule has 0 atom stereocenters. The fraction of sp³-hybridized carbons (Fsp3) is 0.0435. The number of amides is 1. The molecule has 0 bridgehead atoms. The first-order valence-corrected chi connectivity index (χ1v) is 11.9. The van der Waals surface area contributed by atoms with E-state index in [4.69, 9.17) is 0 Å². The van der Waals surface area contributed by atoms with E-state index in [0.717, 1.165) is 12.1 Å². The second-order valence-corrected chi connectivity index (χ2v) is 9.10. The average Bonchev–Trinajstić information content (AvgIpc) is 3.27. The molecule has 0 spiro atoms. The second-order valence-electron chi connectivity index (χ2n) is 7.42. The van der Waals surface area contributed by atoms with Crippen molar-refractivity contribution < 1.29 is 17.6 Å². The van der Waals surface area contributed by atoms with Gasteiger partial charge in [0, 0.05) is 18.9 Å². The lowest BCUT2D eigenvalue weighted by molar-refractivity contribution is -0.111. The maximum atomic E-state index is 14.7. The fourth-order valence-corrected chi connectivity index (χ4v) is 4.12. The molecule has 4 N–H and O–H groups in total. The van der Waals surface area contributed by atoms with Crippen LogP contribution in [0.25, 0.3) is 0 Å². The zero-order valence-electron chi connectivity index (χ0n) is 18.9. The Morgan fingerprint density at radius 1 is 1.06 bits per heavy atom. The number of carbonyl (C=O) groups is 1. The van der Waals surface area contributed by atoms with Crippen LogP contribution in [0.15, 0.2) is 84.7 Å². The smallest absolute Gasteiger partial charge is 0.262 e. The summed E-state index contributed by atoms with van der Waals surface area (Å²) in [6.45, 7) is 3.38. The van der Waals surface area contributed by atoms with Crippen LogP contribution >= 0.6 is 0 Å². The van der Waals surface area contributed by atoms with Gasteiger partial charge in [0.05, 0.1) is 28.7 Å². The Morgan fingerprint density at radius 2 is 1.83 bits per heavy atom. The van der Waals surface area contributed by atoms with Gasteiger partial charge in [-0.15, -0.1) is 0 Å². The molecule has 36 heavy (non-hydrogen) atoms. The average molecular weight is 509 g/mol. The van der Waals surface area contributed by atoms with Crippen molar-refractivity contribution in [1.82, 2.24) is 19.7 Å². The quantitative estimate of drug-likeness (QED) is 0.250. The maximum absolute atomic E-state index is 14.7. The number of sulfonamides is 1. The number of hydrogen-bond acceptors (Lipinski definition) is 8. The number of aryl methyl sites for hydroxylation is 1. The predicted octanol–water partition coefficient (Wildman–Crippen LogP) is 3.76. The van der Waals surface area contributed by atoms with Crippen LogP contribution in [0.4, 0.5) is 38.9 Å². The molecule has 0 aliphatic carbocycles. The van der Waals surface area contributed by atoms with Crippen LogP contribution in [0, 0.1) is 5.82 Å². The lowest BCUT2D eigenvalue weighted by atomic mass is 10.2. The summed E-state index contributed by atoms with van der Waals surface area (Å²) in [6, 6.07) is 11.6. The van der Waals surface area contributed by atoms with Gasteiger partial charge in [-0.25, -0.2) is 17.8 Å². The summed E-state index contributed by atoms with van der Waals surface area (Å²) in [5, 5.41) is 12.3. The van der Waals surface area contributed by atoms with E-state index in [9.17, 15) is 17.6 Å². The van der Waals surface area contributed by atoms with Crippen LogP contribution < -0.4 is 20.7 Å². The first-order valence-electron chi connectivity index (χ1n) is 10.4. The molecule has 11 nitrogen and oxygen atoms in total. The monoisotopic (exact) mass is 508 g/mol. The zero-order valence-corrected chi connectivity index (χ0v) is 19.8. The topological polar surface area (TPSA) is 143 Å². The molecule has 0 saturated carbocycles. The van der Waals surface area contributed by atoms with Crippen LogP contribution in [-0.2, 0) is 21.9 Å². The molecule has 0 fully saturated rings. The van der Waals surface area contributed by atoms with Gasteiger partial charge in [0.1, 0.15) is 11.5 Å². The zero-order chi connectivity index (χ0) is 25.7. The molecule has 13 heteroatoms. The Bertz CT molecular complexity index is 1520. The largest absolute Gasteiger partial charge is 0.336 e. The molecule has 0 unspecified atom stereocenters. The molecule has 4 aromatic rings. The molecular formula is C23H21FN8O3S. The molecule has 0 aliphatic rings. The molecular weight excluding hydrogens is 487 g/mol. The lowest BCUT2D eigenvalue weighted by Crippen LogP contribution is -2.15. The van der Waals surface area contributed by atoms with Crippen molar-refractivity contribution in [3.8, 4) is 0 Å². The minimum Gasteiger partial charge on any atom is -0.336 e. The number of halogens is 1. The Morgan fingerprint density at radius 3 is 2.53 bits per heavy atom. The van der Waals surface area contributed by atoms with E-state index >= 15 is 0 Å². The first-order chi connectivity index (χ1) is 17.2. The van der Waals surface area contributed by atoms with E-state index in [0.29, 0.717) is 5.69 Å². The summed E-state index contributed by atoms with van der Waals surface area (Å²) >= 11 is 0. The highest BCUT2D eigenvalue weighted by atomic mass is 32.2. The summed E-state index contributed by atoms with van der Waals surface area (Å²) in [4.78, 5) is 20.2. The van der Waals surface area contributed by atoms with Crippen LogP contribution in [0.5, 0.6) is 0 Å². The number of benzene rings is 2. The molecule has 2 aromatic carbocycles. The third kappa shape index (κ3) is 5.82. The van der Waals surface area contributed by atoms with Gasteiger partial charge < -0.3 is 16.0 Å². The second kappa shape index (κ2) is 10.2. The van der Waals surface area contributed by atoms with Gasteiger partial charge in [0.15, 0.2) is 5.82 Å². The van der Waals surface area contributed by atoms with Gasteiger partial charge in [0.2, 0.25) is 11.9 Å². The molecule has 1 amide bonds. The van der Waals surface area contributed by atoms with Gasteiger partial charge in [-0.2, -0.15) is 10.1 Å². The normalized spacial score (nSPS) is 10.9. The molecule has 2 aromatic heterocycles. The number of nitrogens with zero attached hydrogens (tertiary/aromatic N) is 4. The third-order valence-corrected chi connectivity index (χ3v) is 6.10. The van der Waals surface area contributed by atoms with Crippen molar-refractivity contribution in [3.05, 3.63) is 85.6 Å².